The highest BCUT2D eigenvalue weighted by Gasteiger charge is 2.13. The van der Waals surface area contributed by atoms with Crippen LogP contribution in [0.3, 0.4) is 0 Å². The van der Waals surface area contributed by atoms with Crippen LogP contribution in [0.5, 0.6) is 0 Å². The van der Waals surface area contributed by atoms with E-state index in [1.54, 1.807) is 11.8 Å². The molecule has 0 fully saturated rings. The van der Waals surface area contributed by atoms with Crippen molar-refractivity contribution in [3.63, 3.8) is 0 Å². The van der Waals surface area contributed by atoms with E-state index in [2.05, 4.69) is 28.2 Å². The molecule has 0 radical (unpaired) electrons. The van der Waals surface area contributed by atoms with E-state index in [0.717, 1.165) is 34.6 Å². The Kier molecular flexibility index (Phi) is 5.15. The van der Waals surface area contributed by atoms with Gasteiger partial charge in [-0.2, -0.15) is 0 Å². The Hall–Kier alpha value is -1.63. The standard InChI is InChI=1S/C16H17ClN4OS/c1-2-7-21-14(9-22)19-20-16(21)23-10-12-8-11-5-3-4-6-13(11)18-15(12)17/h3-6,8,22H,2,7,9-10H2,1H3. The molecule has 0 unspecified atom stereocenters. The van der Waals surface area contributed by atoms with Gasteiger partial charge < -0.3 is 9.67 Å². The molecule has 0 spiro atoms. The number of fused-ring (bicyclic) bond motifs is 1. The van der Waals surface area contributed by atoms with E-state index in [0.29, 0.717) is 16.7 Å². The lowest BCUT2D eigenvalue weighted by molar-refractivity contribution is 0.263. The van der Waals surface area contributed by atoms with Gasteiger partial charge in [-0.05, 0) is 18.6 Å². The van der Waals surface area contributed by atoms with Crippen LogP contribution in [0.2, 0.25) is 5.15 Å². The summed E-state index contributed by atoms with van der Waals surface area (Å²) in [5.41, 5.74) is 1.86. The molecule has 0 atom stereocenters. The lowest BCUT2D eigenvalue weighted by Crippen LogP contribution is -2.04. The second-order valence-corrected chi connectivity index (χ2v) is 6.43. The van der Waals surface area contributed by atoms with Gasteiger partial charge in [0.05, 0.1) is 5.52 Å². The van der Waals surface area contributed by atoms with E-state index in [-0.39, 0.29) is 6.61 Å². The molecule has 120 valence electrons. The van der Waals surface area contributed by atoms with Gasteiger partial charge in [0.2, 0.25) is 0 Å². The molecule has 23 heavy (non-hydrogen) atoms. The molecule has 3 aromatic rings. The molecule has 0 aliphatic carbocycles. The molecule has 0 aliphatic heterocycles. The number of nitrogens with zero attached hydrogens (tertiary/aromatic N) is 4. The summed E-state index contributed by atoms with van der Waals surface area (Å²) in [5.74, 6) is 1.25. The first-order valence-electron chi connectivity index (χ1n) is 7.42. The summed E-state index contributed by atoms with van der Waals surface area (Å²) in [6.45, 7) is 2.76. The molecule has 3 rings (SSSR count). The van der Waals surface area contributed by atoms with Gasteiger partial charge in [0.25, 0.3) is 0 Å². The molecule has 7 heteroatoms. The fourth-order valence-electron chi connectivity index (χ4n) is 2.37. The van der Waals surface area contributed by atoms with Gasteiger partial charge in [-0.1, -0.05) is 48.5 Å². The third-order valence-corrected chi connectivity index (χ3v) is 4.83. The fourth-order valence-corrected chi connectivity index (χ4v) is 3.62. The highest BCUT2D eigenvalue weighted by Crippen LogP contribution is 2.28. The number of rotatable bonds is 6. The van der Waals surface area contributed by atoms with Crippen LogP contribution in [0.15, 0.2) is 35.5 Å². The Morgan fingerprint density at radius 3 is 2.87 bits per heavy atom. The maximum absolute atomic E-state index is 9.34. The van der Waals surface area contributed by atoms with Crippen molar-refractivity contribution in [3.8, 4) is 0 Å². The predicted molar refractivity (Wildman–Crippen MR) is 92.5 cm³/mol. The largest absolute Gasteiger partial charge is 0.388 e. The first-order chi connectivity index (χ1) is 11.2. The van der Waals surface area contributed by atoms with E-state index in [4.69, 9.17) is 11.6 Å². The van der Waals surface area contributed by atoms with Crippen LogP contribution in [0.1, 0.15) is 24.7 Å². The van der Waals surface area contributed by atoms with E-state index in [9.17, 15) is 5.11 Å². The van der Waals surface area contributed by atoms with Crippen molar-refractivity contribution >= 4 is 34.3 Å². The van der Waals surface area contributed by atoms with Crippen molar-refractivity contribution in [1.82, 2.24) is 19.7 Å². The zero-order valence-electron chi connectivity index (χ0n) is 12.7. The minimum absolute atomic E-state index is 0.105. The van der Waals surface area contributed by atoms with Crippen molar-refractivity contribution in [1.29, 1.82) is 0 Å². The molecule has 0 bridgehead atoms. The summed E-state index contributed by atoms with van der Waals surface area (Å²) >= 11 is 7.85. The second-order valence-electron chi connectivity index (χ2n) is 5.13. The minimum Gasteiger partial charge on any atom is -0.388 e. The Morgan fingerprint density at radius 2 is 2.09 bits per heavy atom. The lowest BCUT2D eigenvalue weighted by atomic mass is 10.2. The van der Waals surface area contributed by atoms with Gasteiger partial charge in [0.15, 0.2) is 11.0 Å². The number of para-hydroxylation sites is 1. The van der Waals surface area contributed by atoms with E-state index < -0.39 is 0 Å². The first kappa shape index (κ1) is 16.2. The van der Waals surface area contributed by atoms with Gasteiger partial charge in [-0.15, -0.1) is 10.2 Å². The summed E-state index contributed by atoms with van der Waals surface area (Å²) in [4.78, 5) is 4.44. The van der Waals surface area contributed by atoms with Crippen LogP contribution in [0.25, 0.3) is 10.9 Å². The van der Waals surface area contributed by atoms with Gasteiger partial charge in [-0.25, -0.2) is 4.98 Å². The number of hydrogen-bond acceptors (Lipinski definition) is 5. The average molecular weight is 349 g/mol. The van der Waals surface area contributed by atoms with Gasteiger partial charge in [0.1, 0.15) is 11.8 Å². The zero-order chi connectivity index (χ0) is 16.2. The fraction of sp³-hybridized carbons (Fsp3) is 0.312. The Balaban J connectivity index is 1.83. The van der Waals surface area contributed by atoms with Crippen LogP contribution in [-0.4, -0.2) is 24.9 Å². The Labute approximate surface area is 143 Å². The van der Waals surface area contributed by atoms with Crippen molar-refractivity contribution in [2.24, 2.45) is 0 Å². The molecule has 0 aliphatic rings. The summed E-state index contributed by atoms with van der Waals surface area (Å²) in [7, 11) is 0. The number of aliphatic hydroxyl groups is 1. The molecule has 0 saturated heterocycles. The van der Waals surface area contributed by atoms with Crippen LogP contribution in [-0.2, 0) is 18.9 Å². The zero-order valence-corrected chi connectivity index (χ0v) is 14.3. The third kappa shape index (κ3) is 3.49. The first-order valence-corrected chi connectivity index (χ1v) is 8.79. The topological polar surface area (TPSA) is 63.8 Å². The highest BCUT2D eigenvalue weighted by atomic mass is 35.5. The third-order valence-electron chi connectivity index (χ3n) is 3.49. The number of aromatic nitrogens is 4. The van der Waals surface area contributed by atoms with Crippen LogP contribution in [0, 0.1) is 0 Å². The van der Waals surface area contributed by atoms with Crippen LogP contribution in [0.4, 0.5) is 0 Å². The number of halogens is 1. The summed E-state index contributed by atoms with van der Waals surface area (Å²) < 4.78 is 1.95. The molecule has 1 aromatic carbocycles. The molecule has 0 amide bonds. The van der Waals surface area contributed by atoms with Crippen LogP contribution >= 0.6 is 23.4 Å². The predicted octanol–water partition coefficient (Wildman–Crippen LogP) is 3.67. The number of aliphatic hydroxyl groups excluding tert-OH is 1. The van der Waals surface area contributed by atoms with Crippen molar-refractivity contribution in [3.05, 3.63) is 46.9 Å². The molecule has 2 aromatic heterocycles. The van der Waals surface area contributed by atoms with Crippen molar-refractivity contribution in [2.45, 2.75) is 37.4 Å². The molecule has 2 heterocycles. The normalized spacial score (nSPS) is 11.3. The smallest absolute Gasteiger partial charge is 0.191 e. The highest BCUT2D eigenvalue weighted by molar-refractivity contribution is 7.98. The lowest BCUT2D eigenvalue weighted by Gasteiger charge is -2.08. The Morgan fingerprint density at radius 1 is 1.26 bits per heavy atom. The maximum atomic E-state index is 9.34. The van der Waals surface area contributed by atoms with Crippen molar-refractivity contribution in [2.75, 3.05) is 0 Å². The average Bonchev–Trinajstić information content (AvgIpc) is 2.95. The van der Waals surface area contributed by atoms with E-state index in [1.807, 2.05) is 28.8 Å². The van der Waals surface area contributed by atoms with Crippen molar-refractivity contribution < 1.29 is 5.11 Å². The van der Waals surface area contributed by atoms with E-state index >= 15 is 0 Å². The van der Waals surface area contributed by atoms with Gasteiger partial charge in [0, 0.05) is 23.2 Å². The second kappa shape index (κ2) is 7.29. The summed E-state index contributed by atoms with van der Waals surface area (Å²) in [6.07, 6.45) is 0.955. The number of benzene rings is 1. The minimum atomic E-state index is -0.105. The SMILES string of the molecule is CCCn1c(CO)nnc1SCc1cc2ccccc2nc1Cl. The van der Waals surface area contributed by atoms with E-state index in [1.165, 1.54) is 0 Å². The molecule has 1 N–H and O–H groups in total. The quantitative estimate of drug-likeness (QED) is 0.544. The van der Waals surface area contributed by atoms with Gasteiger partial charge >= 0.3 is 0 Å². The Bertz CT molecular complexity index is 821. The monoisotopic (exact) mass is 348 g/mol. The number of pyridine rings is 1. The summed E-state index contributed by atoms with van der Waals surface area (Å²) in [5, 5.41) is 19.9. The maximum Gasteiger partial charge on any atom is 0.191 e. The molecule has 0 saturated carbocycles. The number of thioether (sulfide) groups is 1. The molecular formula is C16H17ClN4OS. The molecule has 5 nitrogen and oxygen atoms in total. The van der Waals surface area contributed by atoms with Crippen LogP contribution < -0.4 is 0 Å². The molecular weight excluding hydrogens is 332 g/mol. The summed E-state index contributed by atoms with van der Waals surface area (Å²) in [6, 6.07) is 9.97. The van der Waals surface area contributed by atoms with Gasteiger partial charge in [-0.3, -0.25) is 0 Å². The number of hydrogen-bond donors (Lipinski definition) is 1.